The minimum Gasteiger partial charge on any atom is -2.00 e. The molecule has 0 heterocycles. The van der Waals surface area contributed by atoms with Crippen LogP contribution in [-0.2, 0) is 161 Å². The average Bonchev–Trinajstić information content (AvgIpc) is 2.94. The zero-order valence-electron chi connectivity index (χ0n) is 38.5. The van der Waals surface area contributed by atoms with Crippen molar-refractivity contribution in [1.82, 2.24) is 19.6 Å². The zero-order valence-corrected chi connectivity index (χ0v) is 47.8. The van der Waals surface area contributed by atoms with Crippen molar-refractivity contribution >= 4 is 88.0 Å². The van der Waals surface area contributed by atoms with Gasteiger partial charge in [0.2, 0.25) is 25.6 Å². The molecule has 0 aliphatic rings. The predicted octanol–water partition coefficient (Wildman–Crippen LogP) is -14.2. The summed E-state index contributed by atoms with van der Waals surface area (Å²) in [6.45, 7) is 0. The number of amides is 4. The first-order valence-corrected chi connectivity index (χ1v) is 22.2. The van der Waals surface area contributed by atoms with Gasteiger partial charge in [-0.2, -0.15) is 0 Å². The van der Waals surface area contributed by atoms with Gasteiger partial charge >= 0.3 is 68.3 Å². The molecule has 0 aliphatic carbocycles. The van der Waals surface area contributed by atoms with E-state index >= 15 is 0 Å². The summed E-state index contributed by atoms with van der Waals surface area (Å²) in [7, 11) is -1.50. The molecule has 48 heteroatoms. The van der Waals surface area contributed by atoms with Crippen LogP contribution in [0.2, 0.25) is 0 Å². The second kappa shape index (κ2) is 92.1. The Kier molecular flexibility index (Phi) is 179. The molecule has 0 unspecified atom stereocenters. The van der Waals surface area contributed by atoms with Crippen molar-refractivity contribution in [1.29, 1.82) is 0 Å². The van der Waals surface area contributed by atoms with Crippen molar-refractivity contribution < 1.29 is 225 Å². The van der Waals surface area contributed by atoms with Crippen LogP contribution >= 0.6 is 0 Å². The van der Waals surface area contributed by atoms with Crippen LogP contribution in [0.4, 0.5) is 0 Å². The molecule has 4 radical (unpaired) electrons. The Bertz CT molecular complexity index is 1250. The third-order valence-corrected chi connectivity index (χ3v) is 0.843. The molecule has 0 aromatic rings. The van der Waals surface area contributed by atoms with Crippen LogP contribution in [0.1, 0.15) is 0 Å². The van der Waals surface area contributed by atoms with Gasteiger partial charge in [-0.3, -0.25) is 69.7 Å². The monoisotopic (exact) mass is 1310 g/mol. The van der Waals surface area contributed by atoms with E-state index in [1.54, 1.807) is 56.4 Å². The van der Waals surface area contributed by atoms with Gasteiger partial charge in [-0.15, -0.1) is 0 Å². The third kappa shape index (κ3) is 5520. The fraction of sp³-hybridized carbons (Fsp3) is 0.800. The minimum atomic E-state index is -5.17. The number of carbonyl (C=O) groups excluding carboxylic acids is 4. The molecule has 0 bridgehead atoms. The molecule has 0 atom stereocenters. The maximum atomic E-state index is 9.43. The molecule has 0 spiro atoms. The fourth-order valence-electron chi connectivity index (χ4n) is 0. The Hall–Kier alpha value is -1.06. The topological polar surface area (TPSA) is 686 Å². The Balaban J connectivity index is -0.0000000202. The molecule has 428 valence electrons. The van der Waals surface area contributed by atoms with Crippen LogP contribution in [0.25, 0.3) is 0 Å². The second-order valence-electron chi connectivity index (χ2n) is 9.03. The van der Waals surface area contributed by atoms with Crippen LogP contribution in [0.3, 0.4) is 0 Å². The first kappa shape index (κ1) is 132. The Morgan fingerprint density at radius 1 is 0.265 bits per heavy atom. The van der Waals surface area contributed by atoms with E-state index in [0.717, 1.165) is 25.6 Å². The van der Waals surface area contributed by atoms with E-state index in [2.05, 4.69) is 0 Å². The maximum Gasteiger partial charge on any atom is 3.00 e. The Labute approximate surface area is 442 Å². The summed E-state index contributed by atoms with van der Waals surface area (Å²) >= 11 is 0. The van der Waals surface area contributed by atoms with Gasteiger partial charge in [0, 0.05) is 119 Å². The predicted molar refractivity (Wildman–Crippen MR) is 198 cm³/mol. The summed E-state index contributed by atoms with van der Waals surface area (Å²) in [6.07, 6.45) is 3.00. The van der Waals surface area contributed by atoms with Gasteiger partial charge in [-0.1, -0.05) is 0 Å². The molecule has 4 amide bonds. The molecular formula is C20H60Fe4N8O30S6. The normalized spacial score (nSPS) is 8.18. The SMILES string of the molecule is CN(C)C=O.CN(C)C=O.CN(C)C=O.CN(C)C=O.C[NH2+]C.C[NH2+]C.C[NH2+]C.C[NH2+]C.O=S(=O)([O-])[O-].O=S(=O)([O-])[O-].O=S(=O)([O-])[O-].O=S(=O)([O-])[O-].O=S(=O)([O-])[O-].O=S(=O)([O-])[O-].[Fe+3].[Fe+3].[Fe+3].[Fe+3].[O-2].[O-2]. The second-order valence-corrected chi connectivity index (χ2v) is 13.9. The standard InChI is InChI=1S/4C3H7NO.4C2H7N.4Fe.6H2O4S.2O/c4*1-4(2)3-5;4*1-3-2;;;;;6*1-5(2,3)4;;/h4*3H,1-2H3;4*3H,1-2H3;;;;;6*(H2,1,2,3,4);;/q;;;;;;;;4*+3;;;;;;;2*-2/p-8. The van der Waals surface area contributed by atoms with E-state index in [0.29, 0.717) is 0 Å². The minimum absolute atomic E-state index is 0. The molecule has 0 rings (SSSR count). The van der Waals surface area contributed by atoms with Crippen molar-refractivity contribution in [3.8, 4) is 0 Å². The number of quaternary nitrogens is 4. The number of hydrogen-bond acceptors (Lipinski definition) is 28. The van der Waals surface area contributed by atoms with E-state index < -0.39 is 62.4 Å². The van der Waals surface area contributed by atoms with E-state index in [9.17, 15) is 19.2 Å². The van der Waals surface area contributed by atoms with Gasteiger partial charge < -0.3 is 106 Å². The van der Waals surface area contributed by atoms with Crippen molar-refractivity contribution in [2.75, 3.05) is 113 Å². The van der Waals surface area contributed by atoms with Crippen LogP contribution in [-0.4, -0.2) is 263 Å². The molecule has 38 nitrogen and oxygen atoms in total. The maximum absolute atomic E-state index is 9.43. The van der Waals surface area contributed by atoms with E-state index in [4.69, 9.17) is 105 Å². The molecule has 0 saturated carbocycles. The van der Waals surface area contributed by atoms with Crippen molar-refractivity contribution in [3.63, 3.8) is 0 Å². The van der Waals surface area contributed by atoms with Gasteiger partial charge in [0.25, 0.3) is 0 Å². The number of carbonyl (C=O) groups is 4. The number of rotatable bonds is 4. The van der Waals surface area contributed by atoms with Crippen molar-refractivity contribution in [2.24, 2.45) is 0 Å². The first-order chi connectivity index (χ1) is 26.7. The molecule has 0 saturated heterocycles. The number of hydrogen-bond donors (Lipinski definition) is 4. The van der Waals surface area contributed by atoms with Gasteiger partial charge in [-0.05, 0) is 0 Å². The molecule has 0 aliphatic heterocycles. The van der Waals surface area contributed by atoms with Crippen LogP contribution < -0.4 is 21.3 Å². The van der Waals surface area contributed by atoms with Crippen LogP contribution in [0, 0.1) is 0 Å². The number of nitrogens with zero attached hydrogens (tertiary/aromatic N) is 4. The van der Waals surface area contributed by atoms with Gasteiger partial charge in [-0.25, -0.2) is 0 Å². The summed E-state index contributed by atoms with van der Waals surface area (Å²) in [5.74, 6) is 0. The largest absolute Gasteiger partial charge is 3.00 e. The Morgan fingerprint density at radius 2 is 0.279 bits per heavy atom. The quantitative estimate of drug-likeness (QED) is 0.0879. The van der Waals surface area contributed by atoms with Gasteiger partial charge in [0.1, 0.15) is 0 Å². The zero-order chi connectivity index (χ0) is 55.0. The fourth-order valence-corrected chi connectivity index (χ4v) is 0. The van der Waals surface area contributed by atoms with Crippen LogP contribution in [0.5, 0.6) is 0 Å². The van der Waals surface area contributed by atoms with Crippen LogP contribution in [0.15, 0.2) is 0 Å². The third-order valence-electron chi connectivity index (χ3n) is 0.843. The average molecular weight is 1310 g/mol. The first-order valence-electron chi connectivity index (χ1n) is 14.2. The molecular weight excluding hydrogens is 1250 g/mol. The summed E-state index contributed by atoms with van der Waals surface area (Å²) in [5, 5.41) is 8.00. The van der Waals surface area contributed by atoms with E-state index in [-0.39, 0.29) is 79.2 Å². The van der Waals surface area contributed by atoms with Gasteiger partial charge in [0.05, 0.1) is 56.4 Å². The van der Waals surface area contributed by atoms with Gasteiger partial charge in [0.15, 0.2) is 0 Å². The summed E-state index contributed by atoms with van der Waals surface area (Å²) < 4.78 is 205. The molecule has 68 heavy (non-hydrogen) atoms. The van der Waals surface area contributed by atoms with Crippen molar-refractivity contribution in [3.05, 3.63) is 0 Å². The smallest absolute Gasteiger partial charge is 2.00 e. The molecule has 8 N–H and O–H groups in total. The molecule has 0 aromatic carbocycles. The van der Waals surface area contributed by atoms with E-state index in [1.165, 1.54) is 19.6 Å². The van der Waals surface area contributed by atoms with Crippen molar-refractivity contribution in [2.45, 2.75) is 0 Å². The summed E-state index contributed by atoms with van der Waals surface area (Å²) in [4.78, 5) is 43.5. The molecule has 0 fully saturated rings. The summed E-state index contributed by atoms with van der Waals surface area (Å²) in [5.41, 5.74) is 0. The number of nitrogens with two attached hydrogens (primary N) is 4. The van der Waals surface area contributed by atoms with E-state index in [1.807, 2.05) is 77.6 Å². The Morgan fingerprint density at radius 3 is 0.279 bits per heavy atom. The summed E-state index contributed by atoms with van der Waals surface area (Å²) in [6, 6.07) is 0. The molecule has 0 aromatic heterocycles.